The average molecular weight is 332 g/mol. The quantitative estimate of drug-likeness (QED) is 0.209. The van der Waals surface area contributed by atoms with Gasteiger partial charge in [0, 0.05) is 18.5 Å². The molecule has 24 heavy (non-hydrogen) atoms. The number of amides is 1. The fraction of sp³-hybridized carbons (Fsp3) is 0.773. The zero-order valence-corrected chi connectivity index (χ0v) is 16.3. The molecule has 0 aliphatic heterocycles. The van der Waals surface area contributed by atoms with Crippen molar-refractivity contribution in [3.05, 3.63) is 0 Å². The van der Waals surface area contributed by atoms with Crippen molar-refractivity contribution in [3.63, 3.8) is 0 Å². The summed E-state index contributed by atoms with van der Waals surface area (Å²) in [6.45, 7) is 5.72. The Hall–Kier alpha value is -1.41. The van der Waals surface area contributed by atoms with Crippen LogP contribution in [-0.2, 0) is 4.79 Å². The maximum Gasteiger partial charge on any atom is 0.246 e. The summed E-state index contributed by atoms with van der Waals surface area (Å²) >= 11 is 0. The first-order valence-corrected chi connectivity index (χ1v) is 9.94. The van der Waals surface area contributed by atoms with E-state index in [1.54, 1.807) is 13.8 Å². The van der Waals surface area contributed by atoms with Gasteiger partial charge in [-0.25, -0.2) is 0 Å². The van der Waals surface area contributed by atoms with E-state index >= 15 is 0 Å². The van der Waals surface area contributed by atoms with Gasteiger partial charge in [-0.1, -0.05) is 95.8 Å². The molecule has 0 rings (SSSR count). The first kappa shape index (κ1) is 22.6. The Morgan fingerprint density at radius 3 is 1.42 bits per heavy atom. The number of unbranched alkanes of at least 4 members (excludes halogenated alkanes) is 12. The number of carbonyl (C=O) groups excluding carboxylic acids is 1. The molecule has 0 spiro atoms. The van der Waals surface area contributed by atoms with Crippen LogP contribution in [-0.4, -0.2) is 10.8 Å². The van der Waals surface area contributed by atoms with Crippen molar-refractivity contribution < 1.29 is 4.79 Å². The number of nitrogens with zero attached hydrogens (tertiary/aromatic N) is 1. The lowest BCUT2D eigenvalue weighted by Crippen LogP contribution is -2.20. The zero-order chi connectivity index (χ0) is 17.9. The van der Waals surface area contributed by atoms with Gasteiger partial charge in [0.2, 0.25) is 5.91 Å². The van der Waals surface area contributed by atoms with E-state index < -0.39 is 0 Å². The summed E-state index contributed by atoms with van der Waals surface area (Å²) in [5, 5.41) is 0. The smallest absolute Gasteiger partial charge is 0.246 e. The second-order valence-electron chi connectivity index (χ2n) is 6.45. The van der Waals surface area contributed by atoms with Gasteiger partial charge in [0.15, 0.2) is 0 Å². The summed E-state index contributed by atoms with van der Waals surface area (Å²) in [7, 11) is 0. The Balaban J connectivity index is 3.42. The predicted molar refractivity (Wildman–Crippen MR) is 104 cm³/mol. The lowest BCUT2D eigenvalue weighted by molar-refractivity contribution is -0.125. The van der Waals surface area contributed by atoms with E-state index in [0.717, 1.165) is 12.8 Å². The minimum Gasteiger partial charge on any atom is -0.273 e. The molecule has 0 aliphatic rings. The van der Waals surface area contributed by atoms with Crippen LogP contribution in [0.3, 0.4) is 0 Å². The van der Waals surface area contributed by atoms with Crippen LogP contribution in [0, 0.1) is 23.9 Å². The number of hydrogen-bond donors (Lipinski definition) is 0. The maximum absolute atomic E-state index is 11.9. The van der Waals surface area contributed by atoms with E-state index in [2.05, 4.69) is 30.9 Å². The minimum atomic E-state index is 0.0294. The highest BCUT2D eigenvalue weighted by Crippen LogP contribution is 2.13. The predicted octanol–water partition coefficient (Wildman–Crippen LogP) is 6.26. The molecule has 0 atom stereocenters. The Morgan fingerprint density at radius 1 is 0.667 bits per heavy atom. The second kappa shape index (κ2) is 17.9. The van der Waals surface area contributed by atoms with E-state index in [1.165, 1.54) is 75.5 Å². The van der Waals surface area contributed by atoms with Crippen molar-refractivity contribution in [1.29, 1.82) is 0 Å². The van der Waals surface area contributed by atoms with Crippen molar-refractivity contribution in [2.75, 3.05) is 0 Å². The molecule has 0 saturated heterocycles. The molecule has 0 bridgehead atoms. The third-order valence-electron chi connectivity index (χ3n) is 4.19. The SMILES string of the molecule is CC#CN(C#CC)C(=O)CCCCCCCCCCCCCCC. The van der Waals surface area contributed by atoms with E-state index in [9.17, 15) is 4.79 Å². The summed E-state index contributed by atoms with van der Waals surface area (Å²) in [6, 6.07) is 5.48. The molecule has 0 unspecified atom stereocenters. The van der Waals surface area contributed by atoms with Crippen molar-refractivity contribution in [3.8, 4) is 23.9 Å². The Bertz CT molecular complexity index is 399. The van der Waals surface area contributed by atoms with Gasteiger partial charge in [-0.05, 0) is 20.3 Å². The zero-order valence-electron chi connectivity index (χ0n) is 16.3. The highest BCUT2D eigenvalue weighted by atomic mass is 16.2. The van der Waals surface area contributed by atoms with Crippen molar-refractivity contribution in [2.45, 2.75) is 111 Å². The summed E-state index contributed by atoms with van der Waals surface area (Å²) < 4.78 is 0. The Kier molecular flexibility index (Phi) is 16.9. The third kappa shape index (κ3) is 14.2. The highest BCUT2D eigenvalue weighted by molar-refractivity contribution is 5.80. The van der Waals surface area contributed by atoms with Gasteiger partial charge < -0.3 is 0 Å². The lowest BCUT2D eigenvalue weighted by Gasteiger charge is -2.07. The van der Waals surface area contributed by atoms with Crippen molar-refractivity contribution in [2.24, 2.45) is 0 Å². The minimum absolute atomic E-state index is 0.0294. The number of rotatable bonds is 14. The van der Waals surface area contributed by atoms with E-state index in [0.29, 0.717) is 6.42 Å². The lowest BCUT2D eigenvalue weighted by atomic mass is 10.0. The summed E-state index contributed by atoms with van der Waals surface area (Å²) in [4.78, 5) is 13.3. The van der Waals surface area contributed by atoms with Crippen LogP contribution in [0.1, 0.15) is 111 Å². The molecule has 2 nitrogen and oxygen atoms in total. The van der Waals surface area contributed by atoms with Crippen molar-refractivity contribution >= 4 is 5.91 Å². The molecule has 2 heteroatoms. The van der Waals surface area contributed by atoms with E-state index in [-0.39, 0.29) is 5.91 Å². The molecule has 0 aromatic heterocycles. The van der Waals surface area contributed by atoms with Crippen molar-refractivity contribution in [1.82, 2.24) is 4.90 Å². The van der Waals surface area contributed by atoms with Gasteiger partial charge >= 0.3 is 0 Å². The first-order chi connectivity index (χ1) is 11.8. The van der Waals surface area contributed by atoms with Crippen LogP contribution in [0.4, 0.5) is 0 Å². The van der Waals surface area contributed by atoms with Gasteiger partial charge in [-0.2, -0.15) is 4.90 Å². The van der Waals surface area contributed by atoms with Crippen LogP contribution in [0.15, 0.2) is 0 Å². The van der Waals surface area contributed by atoms with Crippen LogP contribution < -0.4 is 0 Å². The molecule has 1 amide bonds. The molecule has 0 radical (unpaired) electrons. The molecule has 0 saturated carbocycles. The molecule has 0 fully saturated rings. The van der Waals surface area contributed by atoms with Crippen LogP contribution >= 0.6 is 0 Å². The maximum atomic E-state index is 11.9. The van der Waals surface area contributed by atoms with Gasteiger partial charge in [-0.3, -0.25) is 4.79 Å². The monoisotopic (exact) mass is 331 g/mol. The third-order valence-corrected chi connectivity index (χ3v) is 4.19. The van der Waals surface area contributed by atoms with Gasteiger partial charge in [-0.15, -0.1) is 0 Å². The second-order valence-corrected chi connectivity index (χ2v) is 6.45. The van der Waals surface area contributed by atoms with Gasteiger partial charge in [0.05, 0.1) is 0 Å². The number of hydrogen-bond acceptors (Lipinski definition) is 1. The average Bonchev–Trinajstić information content (AvgIpc) is 2.58. The fourth-order valence-electron chi connectivity index (χ4n) is 2.78. The molecular formula is C22H37NO. The molecule has 0 aromatic carbocycles. The first-order valence-electron chi connectivity index (χ1n) is 9.94. The van der Waals surface area contributed by atoms with E-state index in [1.807, 2.05) is 0 Å². The molecule has 0 aromatic rings. The van der Waals surface area contributed by atoms with Crippen LogP contribution in [0.25, 0.3) is 0 Å². The molecule has 0 aliphatic carbocycles. The molecule has 0 heterocycles. The summed E-state index contributed by atoms with van der Waals surface area (Å²) in [5.74, 6) is 5.50. The van der Waals surface area contributed by atoms with Gasteiger partial charge in [0.1, 0.15) is 0 Å². The topological polar surface area (TPSA) is 20.3 Å². The normalized spacial score (nSPS) is 9.62. The van der Waals surface area contributed by atoms with E-state index in [4.69, 9.17) is 0 Å². The highest BCUT2D eigenvalue weighted by Gasteiger charge is 2.07. The standard InChI is InChI=1S/C22H37NO/c1-4-7-8-9-10-11-12-13-14-15-16-17-18-19-22(24)23(20-5-2)21-6-3/h4,7-19H2,1-3H3. The molecule has 0 N–H and O–H groups in total. The summed E-state index contributed by atoms with van der Waals surface area (Å²) in [6.07, 6.45) is 17.7. The Morgan fingerprint density at radius 2 is 1.04 bits per heavy atom. The molecular weight excluding hydrogens is 294 g/mol. The largest absolute Gasteiger partial charge is 0.273 e. The number of carbonyl (C=O) groups is 1. The van der Waals surface area contributed by atoms with Crippen LogP contribution in [0.2, 0.25) is 0 Å². The Labute approximate surface area is 150 Å². The summed E-state index contributed by atoms with van der Waals surface area (Å²) in [5.41, 5.74) is 0. The molecule has 136 valence electrons. The van der Waals surface area contributed by atoms with Gasteiger partial charge in [0.25, 0.3) is 0 Å². The van der Waals surface area contributed by atoms with Crippen LogP contribution in [0.5, 0.6) is 0 Å². The fourth-order valence-corrected chi connectivity index (χ4v) is 2.78.